The lowest BCUT2D eigenvalue weighted by molar-refractivity contribution is 0.0924. The first-order valence-corrected chi connectivity index (χ1v) is 8.07. The fraction of sp³-hybridized carbons (Fsp3) is 0. The summed E-state index contributed by atoms with van der Waals surface area (Å²) < 4.78 is 54.9. The van der Waals surface area contributed by atoms with E-state index in [9.17, 15) is 27.2 Å². The van der Waals surface area contributed by atoms with Crippen molar-refractivity contribution in [2.24, 2.45) is 0 Å². The lowest BCUT2D eigenvalue weighted by atomic mass is 10.1. The predicted octanol–water partition coefficient (Wildman–Crippen LogP) is 4.79. The van der Waals surface area contributed by atoms with E-state index in [-0.39, 0.29) is 5.69 Å². The lowest BCUT2D eigenvalue weighted by Crippen LogP contribution is -2.29. The van der Waals surface area contributed by atoms with Crippen molar-refractivity contribution < 1.29 is 27.2 Å². The van der Waals surface area contributed by atoms with E-state index in [0.29, 0.717) is 10.6 Å². The van der Waals surface area contributed by atoms with Gasteiger partial charge in [0.2, 0.25) is 0 Å². The molecule has 28 heavy (non-hydrogen) atoms. The van der Waals surface area contributed by atoms with E-state index in [0.717, 1.165) is 5.69 Å². The number of anilines is 3. The van der Waals surface area contributed by atoms with Crippen molar-refractivity contribution in [1.82, 2.24) is 0 Å². The Morgan fingerprint density at radius 1 is 0.607 bits per heavy atom. The molecule has 1 aliphatic heterocycles. The molecule has 2 amide bonds. The van der Waals surface area contributed by atoms with E-state index < -0.39 is 46.2 Å². The second-order valence-electron chi connectivity index (χ2n) is 5.99. The largest absolute Gasteiger partial charge is 0.356 e. The maximum atomic E-state index is 14.0. The van der Waals surface area contributed by atoms with Crippen LogP contribution < -0.4 is 10.2 Å². The van der Waals surface area contributed by atoms with Gasteiger partial charge in [0.15, 0.2) is 23.3 Å². The first-order valence-electron chi connectivity index (χ1n) is 8.07. The Balaban J connectivity index is 1.69. The molecular formula is C20H10F4N2O2. The summed E-state index contributed by atoms with van der Waals surface area (Å²) in [6.07, 6.45) is 0. The van der Waals surface area contributed by atoms with Crippen LogP contribution in [-0.2, 0) is 0 Å². The van der Waals surface area contributed by atoms with Crippen LogP contribution in [0.2, 0.25) is 0 Å². The van der Waals surface area contributed by atoms with Gasteiger partial charge in [-0.05, 0) is 36.4 Å². The number of nitrogens with one attached hydrogen (secondary N) is 1. The molecule has 3 aromatic rings. The average molecular weight is 386 g/mol. The van der Waals surface area contributed by atoms with Gasteiger partial charge in [-0.3, -0.25) is 9.59 Å². The summed E-state index contributed by atoms with van der Waals surface area (Å²) in [4.78, 5) is 25.3. The minimum atomic E-state index is -2.14. The van der Waals surface area contributed by atoms with Gasteiger partial charge in [-0.25, -0.2) is 22.5 Å². The Kier molecular flexibility index (Phi) is 4.11. The van der Waals surface area contributed by atoms with Crippen LogP contribution in [-0.4, -0.2) is 11.8 Å². The molecule has 0 saturated carbocycles. The zero-order valence-corrected chi connectivity index (χ0v) is 14.0. The normalized spacial score (nSPS) is 13.1. The van der Waals surface area contributed by atoms with Gasteiger partial charge in [-0.15, -0.1) is 0 Å². The molecule has 4 rings (SSSR count). The summed E-state index contributed by atoms with van der Waals surface area (Å²) in [6, 6.07) is 15.0. The third-order valence-electron chi connectivity index (χ3n) is 4.29. The van der Waals surface area contributed by atoms with Crippen LogP contribution in [0.1, 0.15) is 20.7 Å². The Hall–Kier alpha value is -3.68. The van der Waals surface area contributed by atoms with Gasteiger partial charge in [0, 0.05) is 11.4 Å². The highest BCUT2D eigenvalue weighted by atomic mass is 19.2. The number of carbonyl (C=O) groups excluding carboxylic acids is 2. The molecule has 0 aliphatic carbocycles. The maximum absolute atomic E-state index is 14.0. The molecule has 0 unspecified atom stereocenters. The van der Waals surface area contributed by atoms with Crippen molar-refractivity contribution in [1.29, 1.82) is 0 Å². The zero-order valence-electron chi connectivity index (χ0n) is 14.0. The Bertz CT molecular complexity index is 1070. The standard InChI is InChI=1S/C20H10F4N2O2/c21-15-13-14(16(22)18(24)17(15)23)20(28)26(19(13)27)12-8-6-11(7-9-12)25-10-4-2-1-3-5-10/h1-9,25H. The van der Waals surface area contributed by atoms with Gasteiger partial charge in [0.1, 0.15) is 0 Å². The fourth-order valence-electron chi connectivity index (χ4n) is 2.97. The molecule has 0 atom stereocenters. The number of hydrogen-bond acceptors (Lipinski definition) is 3. The van der Waals surface area contributed by atoms with Gasteiger partial charge in [0.25, 0.3) is 11.8 Å². The van der Waals surface area contributed by atoms with Crippen molar-refractivity contribution >= 4 is 28.9 Å². The third kappa shape index (κ3) is 2.61. The Morgan fingerprint density at radius 3 is 1.57 bits per heavy atom. The SMILES string of the molecule is O=C1c2c(F)c(F)c(F)c(F)c2C(=O)N1c1ccc(Nc2ccccc2)cc1. The van der Waals surface area contributed by atoms with Crippen LogP contribution >= 0.6 is 0 Å². The highest BCUT2D eigenvalue weighted by molar-refractivity contribution is 6.34. The fourth-order valence-corrected chi connectivity index (χ4v) is 2.97. The van der Waals surface area contributed by atoms with Gasteiger partial charge in [0.05, 0.1) is 16.8 Å². The number of fused-ring (bicyclic) bond motifs is 1. The number of imide groups is 1. The second kappa shape index (κ2) is 6.49. The van der Waals surface area contributed by atoms with Crippen molar-refractivity contribution in [2.75, 3.05) is 10.2 Å². The second-order valence-corrected chi connectivity index (χ2v) is 5.99. The molecule has 1 N–H and O–H groups in total. The van der Waals surface area contributed by atoms with Crippen LogP contribution in [0.15, 0.2) is 54.6 Å². The van der Waals surface area contributed by atoms with Crippen molar-refractivity contribution in [3.05, 3.63) is 89.0 Å². The van der Waals surface area contributed by atoms with Crippen molar-refractivity contribution in [3.63, 3.8) is 0 Å². The Morgan fingerprint density at radius 2 is 1.07 bits per heavy atom. The number of para-hydroxylation sites is 1. The van der Waals surface area contributed by atoms with E-state index >= 15 is 0 Å². The smallest absolute Gasteiger partial charge is 0.269 e. The van der Waals surface area contributed by atoms with E-state index in [1.165, 1.54) is 12.1 Å². The third-order valence-corrected chi connectivity index (χ3v) is 4.29. The number of halogens is 4. The highest BCUT2D eigenvalue weighted by Crippen LogP contribution is 2.34. The number of benzene rings is 3. The molecule has 0 spiro atoms. The maximum Gasteiger partial charge on any atom is 0.269 e. The van der Waals surface area contributed by atoms with E-state index in [1.54, 1.807) is 12.1 Å². The minimum Gasteiger partial charge on any atom is -0.356 e. The summed E-state index contributed by atoms with van der Waals surface area (Å²) in [5.41, 5.74) is -0.808. The monoisotopic (exact) mass is 386 g/mol. The highest BCUT2D eigenvalue weighted by Gasteiger charge is 2.44. The number of carbonyl (C=O) groups is 2. The zero-order chi connectivity index (χ0) is 20.0. The quantitative estimate of drug-likeness (QED) is 0.305. The molecule has 4 nitrogen and oxygen atoms in total. The van der Waals surface area contributed by atoms with Gasteiger partial charge in [-0.1, -0.05) is 18.2 Å². The number of hydrogen-bond donors (Lipinski definition) is 1. The predicted molar refractivity (Wildman–Crippen MR) is 93.6 cm³/mol. The molecule has 1 heterocycles. The number of rotatable bonds is 3. The van der Waals surface area contributed by atoms with E-state index in [4.69, 9.17) is 0 Å². The number of nitrogens with zero attached hydrogens (tertiary/aromatic N) is 1. The lowest BCUT2D eigenvalue weighted by Gasteiger charge is -2.15. The first-order chi connectivity index (χ1) is 13.4. The topological polar surface area (TPSA) is 49.4 Å². The van der Waals surface area contributed by atoms with Crippen molar-refractivity contribution in [3.8, 4) is 0 Å². The van der Waals surface area contributed by atoms with Crippen LogP contribution in [0.4, 0.5) is 34.6 Å². The van der Waals surface area contributed by atoms with Gasteiger partial charge < -0.3 is 5.32 Å². The Labute approximate surface area is 156 Å². The van der Waals surface area contributed by atoms with Crippen LogP contribution in [0.25, 0.3) is 0 Å². The van der Waals surface area contributed by atoms with Crippen LogP contribution in [0, 0.1) is 23.3 Å². The molecule has 0 radical (unpaired) electrons. The first kappa shape index (κ1) is 17.7. The molecule has 0 aromatic heterocycles. The van der Waals surface area contributed by atoms with Crippen LogP contribution in [0.3, 0.4) is 0 Å². The summed E-state index contributed by atoms with van der Waals surface area (Å²) >= 11 is 0. The summed E-state index contributed by atoms with van der Waals surface area (Å²) in [5.74, 6) is -10.6. The minimum absolute atomic E-state index is 0.00410. The molecule has 0 bridgehead atoms. The molecule has 1 aliphatic rings. The van der Waals surface area contributed by atoms with E-state index in [2.05, 4.69) is 5.32 Å². The van der Waals surface area contributed by atoms with Crippen LogP contribution in [0.5, 0.6) is 0 Å². The van der Waals surface area contributed by atoms with Gasteiger partial charge in [-0.2, -0.15) is 0 Å². The summed E-state index contributed by atoms with van der Waals surface area (Å²) in [7, 11) is 0. The van der Waals surface area contributed by atoms with E-state index in [1.807, 2.05) is 30.3 Å². The average Bonchev–Trinajstić information content (AvgIpc) is 2.97. The van der Waals surface area contributed by atoms with Gasteiger partial charge >= 0.3 is 0 Å². The summed E-state index contributed by atoms with van der Waals surface area (Å²) in [5, 5.41) is 3.09. The molecular weight excluding hydrogens is 376 g/mol. The van der Waals surface area contributed by atoms with Crippen molar-refractivity contribution in [2.45, 2.75) is 0 Å². The molecule has 8 heteroatoms. The summed E-state index contributed by atoms with van der Waals surface area (Å²) in [6.45, 7) is 0. The molecule has 0 fully saturated rings. The molecule has 3 aromatic carbocycles. The number of amides is 2. The molecule has 0 saturated heterocycles. The molecule has 140 valence electrons.